The number of carbonyl (C=O) groups excluding carboxylic acids is 2. The van der Waals surface area contributed by atoms with E-state index in [1.54, 1.807) is 4.90 Å². The predicted octanol–water partition coefficient (Wildman–Crippen LogP) is 2.72. The van der Waals surface area contributed by atoms with E-state index in [9.17, 15) is 9.59 Å². The fourth-order valence-corrected chi connectivity index (χ4v) is 3.73. The third-order valence-corrected chi connectivity index (χ3v) is 5.13. The summed E-state index contributed by atoms with van der Waals surface area (Å²) >= 11 is 0. The van der Waals surface area contributed by atoms with E-state index in [0.29, 0.717) is 13.0 Å². The lowest BCUT2D eigenvalue weighted by atomic mass is 9.93. The Morgan fingerprint density at radius 3 is 2.58 bits per heavy atom. The summed E-state index contributed by atoms with van der Waals surface area (Å²) in [7, 11) is 0. The number of para-hydroxylation sites is 1. The van der Waals surface area contributed by atoms with Gasteiger partial charge in [0.1, 0.15) is 17.4 Å². The summed E-state index contributed by atoms with van der Waals surface area (Å²) in [5, 5.41) is 0.936. The molecule has 2 aromatic carbocycles. The Labute approximate surface area is 151 Å². The number of nitrogens with two attached hydrogens (primary N) is 1. The number of primary amides is 1. The number of benzene rings is 2. The first-order chi connectivity index (χ1) is 12.5. The molecule has 5 nitrogen and oxygen atoms in total. The second-order valence-corrected chi connectivity index (χ2v) is 6.72. The zero-order valence-corrected chi connectivity index (χ0v) is 14.6. The summed E-state index contributed by atoms with van der Waals surface area (Å²) in [4.78, 5) is 26.6. The van der Waals surface area contributed by atoms with E-state index in [-0.39, 0.29) is 12.3 Å². The fourth-order valence-electron chi connectivity index (χ4n) is 3.73. The third kappa shape index (κ3) is 2.75. The number of furan rings is 1. The van der Waals surface area contributed by atoms with Crippen LogP contribution in [0, 0.1) is 6.92 Å². The lowest BCUT2D eigenvalue weighted by molar-refractivity contribution is -0.140. The second-order valence-electron chi connectivity index (χ2n) is 6.72. The largest absolute Gasteiger partial charge is 0.461 e. The van der Waals surface area contributed by atoms with Crippen molar-refractivity contribution in [3.05, 3.63) is 71.0 Å². The van der Waals surface area contributed by atoms with Crippen LogP contribution in [0.4, 0.5) is 0 Å². The van der Waals surface area contributed by atoms with Crippen LogP contribution in [0.15, 0.2) is 52.9 Å². The summed E-state index contributed by atoms with van der Waals surface area (Å²) < 4.78 is 5.76. The molecule has 1 aromatic heterocycles. The first-order valence-corrected chi connectivity index (χ1v) is 8.67. The monoisotopic (exact) mass is 348 g/mol. The number of carbonyl (C=O) groups is 2. The van der Waals surface area contributed by atoms with Crippen LogP contribution >= 0.6 is 0 Å². The second kappa shape index (κ2) is 6.33. The SMILES string of the molecule is Cc1oc2ccccc2c1CC(=O)N1Cc2ccccc2C[C@H]1C(N)=O. The van der Waals surface area contributed by atoms with Crippen LogP contribution in [-0.4, -0.2) is 22.8 Å². The normalized spacial score (nSPS) is 16.5. The van der Waals surface area contributed by atoms with Crippen LogP contribution in [0.25, 0.3) is 11.0 Å². The van der Waals surface area contributed by atoms with E-state index in [1.165, 1.54) is 0 Å². The number of hydrogen-bond donors (Lipinski definition) is 1. The van der Waals surface area contributed by atoms with Crippen molar-refractivity contribution in [3.63, 3.8) is 0 Å². The standard InChI is InChI=1S/C21H20N2O3/c1-13-17(16-8-4-5-9-19(16)26-13)11-20(24)23-12-15-7-3-2-6-14(15)10-18(23)21(22)25/h2-9,18H,10-12H2,1H3,(H2,22,25)/t18-/m0/s1. The van der Waals surface area contributed by atoms with Gasteiger partial charge < -0.3 is 15.1 Å². The fraction of sp³-hybridized carbons (Fsp3) is 0.238. The van der Waals surface area contributed by atoms with Gasteiger partial charge in [0.05, 0.1) is 6.42 Å². The Balaban J connectivity index is 1.66. The highest BCUT2D eigenvalue weighted by Gasteiger charge is 2.33. The van der Waals surface area contributed by atoms with Gasteiger partial charge in [0.25, 0.3) is 0 Å². The van der Waals surface area contributed by atoms with E-state index < -0.39 is 11.9 Å². The van der Waals surface area contributed by atoms with Crippen molar-refractivity contribution in [2.45, 2.75) is 32.4 Å². The number of nitrogens with zero attached hydrogens (tertiary/aromatic N) is 1. The van der Waals surface area contributed by atoms with Crippen LogP contribution in [0.3, 0.4) is 0 Å². The van der Waals surface area contributed by atoms with Gasteiger partial charge in [-0.05, 0) is 24.1 Å². The Kier molecular flexibility index (Phi) is 3.99. The van der Waals surface area contributed by atoms with Gasteiger partial charge in [0, 0.05) is 23.9 Å². The Morgan fingerprint density at radius 1 is 1.12 bits per heavy atom. The Bertz CT molecular complexity index is 1010. The summed E-state index contributed by atoms with van der Waals surface area (Å²) in [6.45, 7) is 2.26. The van der Waals surface area contributed by atoms with Gasteiger partial charge in [-0.25, -0.2) is 0 Å². The van der Waals surface area contributed by atoms with Crippen molar-refractivity contribution in [1.82, 2.24) is 4.90 Å². The average molecular weight is 348 g/mol. The minimum atomic E-state index is -0.615. The van der Waals surface area contributed by atoms with Crippen LogP contribution < -0.4 is 5.73 Å². The molecule has 0 bridgehead atoms. The summed E-state index contributed by atoms with van der Waals surface area (Å²) in [6.07, 6.45) is 0.650. The zero-order valence-electron chi connectivity index (χ0n) is 14.6. The van der Waals surface area contributed by atoms with Gasteiger partial charge >= 0.3 is 0 Å². The lowest BCUT2D eigenvalue weighted by Crippen LogP contribution is -2.51. The zero-order chi connectivity index (χ0) is 18.3. The lowest BCUT2D eigenvalue weighted by Gasteiger charge is -2.35. The van der Waals surface area contributed by atoms with Crippen LogP contribution in [0.5, 0.6) is 0 Å². The molecule has 2 N–H and O–H groups in total. The van der Waals surface area contributed by atoms with Crippen LogP contribution in [0.1, 0.15) is 22.5 Å². The van der Waals surface area contributed by atoms with Gasteiger partial charge in [0.2, 0.25) is 11.8 Å². The average Bonchev–Trinajstić information content (AvgIpc) is 2.96. The minimum absolute atomic E-state index is 0.113. The molecule has 0 saturated heterocycles. The van der Waals surface area contributed by atoms with Gasteiger partial charge in [-0.2, -0.15) is 0 Å². The van der Waals surface area contributed by atoms with Gasteiger partial charge in [0.15, 0.2) is 0 Å². The molecule has 0 fully saturated rings. The molecule has 0 unspecified atom stereocenters. The van der Waals surface area contributed by atoms with E-state index in [2.05, 4.69) is 0 Å². The third-order valence-electron chi connectivity index (χ3n) is 5.13. The molecular formula is C21H20N2O3. The van der Waals surface area contributed by atoms with Crippen LogP contribution in [0.2, 0.25) is 0 Å². The molecule has 0 aliphatic carbocycles. The van der Waals surface area contributed by atoms with Gasteiger partial charge in [-0.15, -0.1) is 0 Å². The van der Waals surface area contributed by atoms with Crippen molar-refractivity contribution in [2.24, 2.45) is 5.73 Å². The molecule has 2 heterocycles. The highest BCUT2D eigenvalue weighted by atomic mass is 16.3. The highest BCUT2D eigenvalue weighted by molar-refractivity contribution is 5.92. The van der Waals surface area contributed by atoms with E-state index in [1.807, 2.05) is 55.5 Å². The smallest absolute Gasteiger partial charge is 0.240 e. The minimum Gasteiger partial charge on any atom is -0.461 e. The summed E-state index contributed by atoms with van der Waals surface area (Å²) in [6, 6.07) is 14.9. The molecule has 26 heavy (non-hydrogen) atoms. The molecule has 132 valence electrons. The summed E-state index contributed by atoms with van der Waals surface area (Å²) in [5.41, 5.74) is 9.37. The molecular weight excluding hydrogens is 328 g/mol. The van der Waals surface area contributed by atoms with Gasteiger partial charge in [-0.3, -0.25) is 9.59 Å². The van der Waals surface area contributed by atoms with Crippen molar-refractivity contribution < 1.29 is 14.0 Å². The molecule has 0 saturated carbocycles. The highest BCUT2D eigenvalue weighted by Crippen LogP contribution is 2.28. The first kappa shape index (κ1) is 16.4. The van der Waals surface area contributed by atoms with E-state index in [4.69, 9.17) is 10.2 Å². The number of hydrogen-bond acceptors (Lipinski definition) is 3. The van der Waals surface area contributed by atoms with E-state index >= 15 is 0 Å². The maximum Gasteiger partial charge on any atom is 0.240 e. The topological polar surface area (TPSA) is 76.5 Å². The number of fused-ring (bicyclic) bond motifs is 2. The van der Waals surface area contributed by atoms with Crippen molar-refractivity contribution in [1.29, 1.82) is 0 Å². The van der Waals surface area contributed by atoms with E-state index in [0.717, 1.165) is 33.4 Å². The maximum atomic E-state index is 13.1. The molecule has 1 atom stereocenters. The van der Waals surface area contributed by atoms with Crippen molar-refractivity contribution in [3.8, 4) is 0 Å². The Hall–Kier alpha value is -3.08. The van der Waals surface area contributed by atoms with Crippen molar-refractivity contribution in [2.75, 3.05) is 0 Å². The number of rotatable bonds is 3. The number of aryl methyl sites for hydroxylation is 1. The molecule has 2 amide bonds. The molecule has 1 aliphatic rings. The predicted molar refractivity (Wildman–Crippen MR) is 98.3 cm³/mol. The first-order valence-electron chi connectivity index (χ1n) is 8.67. The molecule has 0 spiro atoms. The molecule has 3 aromatic rings. The molecule has 5 heteroatoms. The summed E-state index contributed by atoms with van der Waals surface area (Å²) in [5.74, 6) is 0.146. The molecule has 4 rings (SSSR count). The Morgan fingerprint density at radius 2 is 1.81 bits per heavy atom. The van der Waals surface area contributed by atoms with Gasteiger partial charge in [-0.1, -0.05) is 42.5 Å². The maximum absolute atomic E-state index is 13.1. The van der Waals surface area contributed by atoms with Crippen LogP contribution in [-0.2, 0) is 29.0 Å². The quantitative estimate of drug-likeness (QED) is 0.791. The number of amides is 2. The molecule has 0 radical (unpaired) electrons. The van der Waals surface area contributed by atoms with Crippen molar-refractivity contribution >= 4 is 22.8 Å². The molecule has 1 aliphatic heterocycles.